The van der Waals surface area contributed by atoms with Crippen molar-refractivity contribution in [1.29, 1.82) is 0 Å². The van der Waals surface area contributed by atoms with Gasteiger partial charge in [0.1, 0.15) is 22.3 Å². The smallest absolute Gasteiger partial charge is 0.137 e. The van der Waals surface area contributed by atoms with E-state index in [9.17, 15) is 0 Å². The van der Waals surface area contributed by atoms with E-state index in [0.717, 1.165) is 112 Å². The molecule has 0 unspecified atom stereocenters. The Morgan fingerprint density at radius 2 is 0.538 bits per heavy atom. The van der Waals surface area contributed by atoms with E-state index in [2.05, 4.69) is 274 Å². The zero-order valence-corrected chi connectivity index (χ0v) is 42.2. The van der Waals surface area contributed by atoms with E-state index in [0.29, 0.717) is 0 Å². The number of benzene rings is 12. The van der Waals surface area contributed by atoms with Crippen molar-refractivity contribution < 1.29 is 8.83 Å². The molecule has 0 spiro atoms. The van der Waals surface area contributed by atoms with Crippen molar-refractivity contribution in [3.63, 3.8) is 0 Å². The van der Waals surface area contributed by atoms with Crippen LogP contribution in [0, 0.1) is 0 Å². The number of rotatable bonds is 9. The number of anilines is 6. The third kappa shape index (κ3) is 6.97. The Labute approximate surface area is 448 Å². The number of furan rings is 2. The first-order chi connectivity index (χ1) is 38.7. The predicted octanol–water partition coefficient (Wildman–Crippen LogP) is 20.3. The highest BCUT2D eigenvalue weighted by Crippen LogP contribution is 2.45. The van der Waals surface area contributed by atoms with Gasteiger partial charge >= 0.3 is 0 Å². The molecule has 6 heteroatoms. The van der Waals surface area contributed by atoms with Crippen LogP contribution in [0.15, 0.2) is 288 Å². The summed E-state index contributed by atoms with van der Waals surface area (Å²) >= 11 is 0. The van der Waals surface area contributed by atoms with Crippen molar-refractivity contribution in [3.05, 3.63) is 279 Å². The highest BCUT2D eigenvalue weighted by Gasteiger charge is 2.22. The molecule has 78 heavy (non-hydrogen) atoms. The second-order valence-electron chi connectivity index (χ2n) is 20.1. The van der Waals surface area contributed by atoms with E-state index in [-0.39, 0.29) is 0 Å². The molecule has 366 valence electrons. The fourth-order valence-corrected chi connectivity index (χ4v) is 12.1. The largest absolute Gasteiger partial charge is 0.456 e. The Bertz CT molecular complexity index is 4650. The van der Waals surface area contributed by atoms with Gasteiger partial charge in [-0.15, -0.1) is 0 Å². The van der Waals surface area contributed by atoms with Gasteiger partial charge in [-0.05, 0) is 145 Å². The molecule has 4 aromatic heterocycles. The summed E-state index contributed by atoms with van der Waals surface area (Å²) in [5.74, 6) is 0. The number of nitrogens with zero attached hydrogens (tertiary/aromatic N) is 4. The second kappa shape index (κ2) is 17.5. The molecule has 0 aliphatic carbocycles. The fourth-order valence-electron chi connectivity index (χ4n) is 12.1. The van der Waals surface area contributed by atoms with Crippen LogP contribution in [0.5, 0.6) is 0 Å². The maximum atomic E-state index is 6.50. The number of hydrogen-bond acceptors (Lipinski definition) is 4. The molecule has 0 aliphatic rings. The summed E-state index contributed by atoms with van der Waals surface area (Å²) in [7, 11) is 0. The van der Waals surface area contributed by atoms with Gasteiger partial charge in [0.05, 0.1) is 22.1 Å². The predicted molar refractivity (Wildman–Crippen MR) is 324 cm³/mol. The lowest BCUT2D eigenvalue weighted by Gasteiger charge is -2.26. The van der Waals surface area contributed by atoms with Crippen LogP contribution in [0.1, 0.15) is 0 Å². The minimum Gasteiger partial charge on any atom is -0.456 e. The highest BCUT2D eigenvalue weighted by molar-refractivity contribution is 6.13. The van der Waals surface area contributed by atoms with E-state index in [4.69, 9.17) is 8.83 Å². The molecular weight excluding hydrogens is 953 g/mol. The number of fused-ring (bicyclic) bond motifs is 12. The van der Waals surface area contributed by atoms with Gasteiger partial charge in [0, 0.05) is 101 Å². The molecule has 4 heterocycles. The van der Waals surface area contributed by atoms with Crippen LogP contribution >= 0.6 is 0 Å². The first-order valence-electron chi connectivity index (χ1n) is 26.5. The third-order valence-electron chi connectivity index (χ3n) is 15.7. The first-order valence-corrected chi connectivity index (χ1v) is 26.5. The summed E-state index contributed by atoms with van der Waals surface area (Å²) < 4.78 is 17.7. The van der Waals surface area contributed by atoms with Crippen molar-refractivity contribution >= 4 is 122 Å². The van der Waals surface area contributed by atoms with E-state index in [1.54, 1.807) is 0 Å². The van der Waals surface area contributed by atoms with Crippen LogP contribution in [-0.4, -0.2) is 9.13 Å². The molecule has 0 atom stereocenters. The summed E-state index contributed by atoms with van der Waals surface area (Å²) in [6, 6.07) is 99.9. The van der Waals surface area contributed by atoms with E-state index >= 15 is 0 Å². The maximum Gasteiger partial charge on any atom is 0.137 e. The van der Waals surface area contributed by atoms with Crippen molar-refractivity contribution in [1.82, 2.24) is 9.13 Å². The zero-order valence-electron chi connectivity index (χ0n) is 42.2. The van der Waals surface area contributed by atoms with Gasteiger partial charge in [-0.25, -0.2) is 0 Å². The van der Waals surface area contributed by atoms with Crippen molar-refractivity contribution in [2.45, 2.75) is 0 Å². The standard InChI is InChI=1S/C72H46N4O2/c1-3-15-49(16-4-1)75-65-23-11-7-19-57(65)63-43-53(37-41-67(63)75)73(55-35-39-61-59-21-9-13-25-69(59)77-71(61)45-55)51-31-27-47(28-32-51)48-29-33-52(34-30-48)74(56-36-40-62-60-22-10-14-26-70(60)78-72(62)46-56)54-38-42-68-64(44-54)58-20-8-12-24-66(58)76(68)50-17-5-2-6-18-50/h1-46H. The van der Waals surface area contributed by atoms with Gasteiger partial charge in [-0.1, -0.05) is 133 Å². The molecule has 16 rings (SSSR count). The van der Waals surface area contributed by atoms with Gasteiger partial charge in [0.25, 0.3) is 0 Å². The molecule has 0 N–H and O–H groups in total. The van der Waals surface area contributed by atoms with E-state index in [1.165, 1.54) is 32.6 Å². The average Bonchev–Trinajstić information content (AvgIpc) is 4.44. The van der Waals surface area contributed by atoms with Crippen LogP contribution in [-0.2, 0) is 0 Å². The molecule has 0 saturated heterocycles. The Hall–Kier alpha value is -10.6. The monoisotopic (exact) mass is 998 g/mol. The maximum absolute atomic E-state index is 6.50. The molecule has 0 fully saturated rings. The third-order valence-corrected chi connectivity index (χ3v) is 15.7. The Balaban J connectivity index is 0.803. The molecule has 0 saturated carbocycles. The Morgan fingerprint density at radius 3 is 0.974 bits per heavy atom. The topological polar surface area (TPSA) is 42.6 Å². The number of para-hydroxylation sites is 6. The van der Waals surface area contributed by atoms with Crippen molar-refractivity contribution in [3.8, 4) is 22.5 Å². The molecule has 16 aromatic rings. The van der Waals surface area contributed by atoms with Crippen molar-refractivity contribution in [2.75, 3.05) is 9.80 Å². The summed E-state index contributed by atoms with van der Waals surface area (Å²) in [5.41, 5.74) is 18.8. The van der Waals surface area contributed by atoms with E-state index in [1.807, 2.05) is 24.3 Å². The van der Waals surface area contributed by atoms with Gasteiger partial charge in [0.15, 0.2) is 0 Å². The lowest BCUT2D eigenvalue weighted by atomic mass is 10.0. The van der Waals surface area contributed by atoms with E-state index < -0.39 is 0 Å². The molecule has 0 bridgehead atoms. The van der Waals surface area contributed by atoms with Crippen LogP contribution in [0.4, 0.5) is 34.1 Å². The minimum absolute atomic E-state index is 0.850. The summed E-state index contributed by atoms with van der Waals surface area (Å²) in [6.07, 6.45) is 0. The molecule has 0 aliphatic heterocycles. The highest BCUT2D eigenvalue weighted by atomic mass is 16.3. The molecule has 12 aromatic carbocycles. The molecule has 0 amide bonds. The quantitative estimate of drug-likeness (QED) is 0.145. The van der Waals surface area contributed by atoms with Crippen LogP contribution in [0.25, 0.3) is 110 Å². The average molecular weight is 999 g/mol. The second-order valence-corrected chi connectivity index (χ2v) is 20.1. The fraction of sp³-hybridized carbons (Fsp3) is 0. The normalized spacial score (nSPS) is 11.8. The van der Waals surface area contributed by atoms with Crippen LogP contribution in [0.2, 0.25) is 0 Å². The SMILES string of the molecule is c1ccc(-n2c3ccccc3c3cc(N(c4ccc(-c5ccc(N(c6ccc7c(c6)oc6ccccc67)c6ccc7c(c6)c6ccccc6n7-c6ccccc6)cc5)cc4)c4ccc5c(c4)oc4ccccc45)ccc32)cc1. The number of hydrogen-bond donors (Lipinski definition) is 0. The summed E-state index contributed by atoms with van der Waals surface area (Å²) in [6.45, 7) is 0. The molecular formula is C72H46N4O2. The van der Waals surface area contributed by atoms with Gasteiger partial charge in [-0.2, -0.15) is 0 Å². The van der Waals surface area contributed by atoms with Crippen LogP contribution < -0.4 is 9.80 Å². The summed E-state index contributed by atoms with van der Waals surface area (Å²) in [4.78, 5) is 4.69. The minimum atomic E-state index is 0.850. The van der Waals surface area contributed by atoms with Gasteiger partial charge in [0.2, 0.25) is 0 Å². The molecule has 0 radical (unpaired) electrons. The summed E-state index contributed by atoms with van der Waals surface area (Å²) in [5, 5.41) is 9.19. The lowest BCUT2D eigenvalue weighted by Crippen LogP contribution is -2.10. The first kappa shape index (κ1) is 43.8. The molecule has 6 nitrogen and oxygen atoms in total. The zero-order chi connectivity index (χ0) is 51.3. The van der Waals surface area contributed by atoms with Gasteiger partial charge in [-0.3, -0.25) is 0 Å². The Kier molecular flexibility index (Phi) is 9.84. The van der Waals surface area contributed by atoms with Crippen LogP contribution in [0.3, 0.4) is 0 Å². The van der Waals surface area contributed by atoms with Crippen molar-refractivity contribution in [2.24, 2.45) is 0 Å². The Morgan fingerprint density at radius 1 is 0.218 bits per heavy atom. The lowest BCUT2D eigenvalue weighted by molar-refractivity contribution is 0.668. The number of aromatic nitrogens is 2. The van der Waals surface area contributed by atoms with Gasteiger partial charge < -0.3 is 27.8 Å².